The van der Waals surface area contributed by atoms with Gasteiger partial charge in [-0.15, -0.1) is 11.6 Å². The lowest BCUT2D eigenvalue weighted by Crippen LogP contribution is -2.23. The molecule has 3 heteroatoms. The number of hydrogen-bond acceptors (Lipinski definition) is 2. The predicted molar refractivity (Wildman–Crippen MR) is 61.9 cm³/mol. The van der Waals surface area contributed by atoms with Gasteiger partial charge in [-0.25, -0.2) is 4.98 Å². The molecule has 78 valence electrons. The summed E-state index contributed by atoms with van der Waals surface area (Å²) in [6.07, 6.45) is 1.83. The molecule has 1 heterocycles. The van der Waals surface area contributed by atoms with Gasteiger partial charge in [0.2, 0.25) is 0 Å². The molecular formula is C11H17ClN2. The molecule has 0 fully saturated rings. The SMILES string of the molecule is CC(C)CN(C)c1ccc(CCl)cn1. The Morgan fingerprint density at radius 2 is 2.14 bits per heavy atom. The van der Waals surface area contributed by atoms with Crippen molar-refractivity contribution in [2.45, 2.75) is 19.7 Å². The topological polar surface area (TPSA) is 16.1 Å². The third kappa shape index (κ3) is 3.18. The summed E-state index contributed by atoms with van der Waals surface area (Å²) in [6.45, 7) is 5.42. The van der Waals surface area contributed by atoms with Crippen molar-refractivity contribution in [3.05, 3.63) is 23.9 Å². The van der Waals surface area contributed by atoms with E-state index in [1.54, 1.807) is 0 Å². The first-order chi connectivity index (χ1) is 6.63. The zero-order valence-corrected chi connectivity index (χ0v) is 9.75. The quantitative estimate of drug-likeness (QED) is 0.714. The van der Waals surface area contributed by atoms with Crippen molar-refractivity contribution in [2.75, 3.05) is 18.5 Å². The lowest BCUT2D eigenvalue weighted by molar-refractivity contribution is 0.634. The molecule has 1 aromatic heterocycles. The van der Waals surface area contributed by atoms with Crippen LogP contribution in [0.15, 0.2) is 18.3 Å². The second kappa shape index (κ2) is 5.20. The number of halogens is 1. The molecule has 0 aliphatic carbocycles. The third-order valence-corrected chi connectivity index (χ3v) is 2.30. The maximum atomic E-state index is 5.69. The Morgan fingerprint density at radius 1 is 1.43 bits per heavy atom. The molecule has 0 saturated heterocycles. The fourth-order valence-corrected chi connectivity index (χ4v) is 1.52. The standard InChI is InChI=1S/C11H17ClN2/c1-9(2)8-14(3)11-5-4-10(6-12)7-13-11/h4-5,7,9H,6,8H2,1-3H3. The molecule has 0 aromatic carbocycles. The van der Waals surface area contributed by atoms with Crippen molar-refractivity contribution in [3.63, 3.8) is 0 Å². The van der Waals surface area contributed by atoms with Gasteiger partial charge in [0.25, 0.3) is 0 Å². The lowest BCUT2D eigenvalue weighted by Gasteiger charge is -2.20. The highest BCUT2D eigenvalue weighted by molar-refractivity contribution is 6.17. The minimum absolute atomic E-state index is 0.529. The average molecular weight is 213 g/mol. The second-order valence-corrected chi connectivity index (χ2v) is 4.20. The van der Waals surface area contributed by atoms with Crippen LogP contribution >= 0.6 is 11.6 Å². The molecule has 0 aliphatic rings. The molecule has 0 atom stereocenters. The van der Waals surface area contributed by atoms with Gasteiger partial charge in [-0.05, 0) is 17.5 Å². The number of hydrogen-bond donors (Lipinski definition) is 0. The zero-order chi connectivity index (χ0) is 10.6. The van der Waals surface area contributed by atoms with Crippen LogP contribution in [0.5, 0.6) is 0 Å². The Kier molecular flexibility index (Phi) is 4.21. The van der Waals surface area contributed by atoms with E-state index in [2.05, 4.69) is 30.8 Å². The minimum atomic E-state index is 0.529. The van der Waals surface area contributed by atoms with Crippen LogP contribution in [0.3, 0.4) is 0 Å². The first-order valence-electron chi connectivity index (χ1n) is 4.85. The van der Waals surface area contributed by atoms with E-state index in [0.29, 0.717) is 11.8 Å². The maximum Gasteiger partial charge on any atom is 0.128 e. The third-order valence-electron chi connectivity index (χ3n) is 1.99. The normalized spacial score (nSPS) is 10.6. The number of pyridine rings is 1. The lowest BCUT2D eigenvalue weighted by atomic mass is 10.2. The van der Waals surface area contributed by atoms with Crippen LogP contribution in [-0.4, -0.2) is 18.6 Å². The maximum absolute atomic E-state index is 5.69. The van der Waals surface area contributed by atoms with Gasteiger partial charge in [0.1, 0.15) is 5.82 Å². The molecule has 0 saturated carbocycles. The largest absolute Gasteiger partial charge is 0.359 e. The number of aromatic nitrogens is 1. The first kappa shape index (κ1) is 11.3. The highest BCUT2D eigenvalue weighted by atomic mass is 35.5. The van der Waals surface area contributed by atoms with Crippen LogP contribution in [-0.2, 0) is 5.88 Å². The van der Waals surface area contributed by atoms with Gasteiger partial charge < -0.3 is 4.90 Å². The van der Waals surface area contributed by atoms with E-state index in [1.807, 2.05) is 18.3 Å². The minimum Gasteiger partial charge on any atom is -0.359 e. The van der Waals surface area contributed by atoms with Crippen LogP contribution < -0.4 is 4.90 Å². The molecule has 14 heavy (non-hydrogen) atoms. The molecule has 0 aliphatic heterocycles. The van der Waals surface area contributed by atoms with Crippen LogP contribution in [0, 0.1) is 5.92 Å². The van der Waals surface area contributed by atoms with Gasteiger partial charge in [0.15, 0.2) is 0 Å². The van der Waals surface area contributed by atoms with Crippen molar-refractivity contribution in [1.29, 1.82) is 0 Å². The van der Waals surface area contributed by atoms with Crippen molar-refractivity contribution in [2.24, 2.45) is 5.92 Å². The number of alkyl halides is 1. The monoisotopic (exact) mass is 212 g/mol. The van der Waals surface area contributed by atoms with Crippen molar-refractivity contribution in [3.8, 4) is 0 Å². The highest BCUT2D eigenvalue weighted by Gasteiger charge is 2.03. The van der Waals surface area contributed by atoms with Crippen LogP contribution in [0.25, 0.3) is 0 Å². The second-order valence-electron chi connectivity index (χ2n) is 3.93. The summed E-state index contributed by atoms with van der Waals surface area (Å²) in [6, 6.07) is 4.03. The Hall–Kier alpha value is -0.760. The van der Waals surface area contributed by atoms with Crippen LogP contribution in [0.1, 0.15) is 19.4 Å². The molecule has 0 bridgehead atoms. The summed E-state index contributed by atoms with van der Waals surface area (Å²) in [5, 5.41) is 0. The molecule has 1 rings (SSSR count). The fourth-order valence-electron chi connectivity index (χ4n) is 1.36. The number of rotatable bonds is 4. The zero-order valence-electron chi connectivity index (χ0n) is 9.00. The highest BCUT2D eigenvalue weighted by Crippen LogP contribution is 2.12. The summed E-state index contributed by atoms with van der Waals surface area (Å²) in [7, 11) is 2.06. The van der Waals surface area contributed by atoms with Crippen molar-refractivity contribution >= 4 is 17.4 Å². The average Bonchev–Trinajstić information content (AvgIpc) is 2.17. The summed E-state index contributed by atoms with van der Waals surface area (Å²) in [4.78, 5) is 6.50. The summed E-state index contributed by atoms with van der Waals surface area (Å²) in [5.41, 5.74) is 1.06. The van der Waals surface area contributed by atoms with Crippen molar-refractivity contribution < 1.29 is 0 Å². The van der Waals surface area contributed by atoms with Crippen LogP contribution in [0.4, 0.5) is 5.82 Å². The molecule has 0 radical (unpaired) electrons. The summed E-state index contributed by atoms with van der Waals surface area (Å²) in [5.74, 6) is 2.18. The van der Waals surface area contributed by atoms with E-state index in [9.17, 15) is 0 Å². The smallest absolute Gasteiger partial charge is 0.128 e. The molecule has 0 N–H and O–H groups in total. The van der Waals surface area contributed by atoms with E-state index in [0.717, 1.165) is 17.9 Å². The van der Waals surface area contributed by atoms with Gasteiger partial charge in [-0.2, -0.15) is 0 Å². The Morgan fingerprint density at radius 3 is 2.57 bits per heavy atom. The fraction of sp³-hybridized carbons (Fsp3) is 0.545. The van der Waals surface area contributed by atoms with E-state index in [4.69, 9.17) is 11.6 Å². The predicted octanol–water partition coefficient (Wildman–Crippen LogP) is 2.91. The van der Waals surface area contributed by atoms with Gasteiger partial charge >= 0.3 is 0 Å². The van der Waals surface area contributed by atoms with E-state index >= 15 is 0 Å². The van der Waals surface area contributed by atoms with Gasteiger partial charge in [-0.3, -0.25) is 0 Å². The molecular weight excluding hydrogens is 196 g/mol. The van der Waals surface area contributed by atoms with Crippen LogP contribution in [0.2, 0.25) is 0 Å². The van der Waals surface area contributed by atoms with E-state index in [-0.39, 0.29) is 0 Å². The number of anilines is 1. The Bertz CT molecular complexity index is 269. The molecule has 1 aromatic rings. The Balaban J connectivity index is 2.66. The molecule has 0 amide bonds. The summed E-state index contributed by atoms with van der Waals surface area (Å²) >= 11 is 5.69. The molecule has 0 spiro atoms. The summed E-state index contributed by atoms with van der Waals surface area (Å²) < 4.78 is 0. The molecule has 2 nitrogen and oxygen atoms in total. The van der Waals surface area contributed by atoms with E-state index < -0.39 is 0 Å². The van der Waals surface area contributed by atoms with Gasteiger partial charge in [0, 0.05) is 25.7 Å². The van der Waals surface area contributed by atoms with E-state index in [1.165, 1.54) is 0 Å². The van der Waals surface area contributed by atoms with Gasteiger partial charge in [-0.1, -0.05) is 19.9 Å². The van der Waals surface area contributed by atoms with Crippen molar-refractivity contribution in [1.82, 2.24) is 4.98 Å². The first-order valence-corrected chi connectivity index (χ1v) is 5.39. The Labute approximate surface area is 90.9 Å². The van der Waals surface area contributed by atoms with Gasteiger partial charge in [0.05, 0.1) is 0 Å². The molecule has 0 unspecified atom stereocenters. The number of nitrogens with zero attached hydrogens (tertiary/aromatic N) is 2.